The van der Waals surface area contributed by atoms with E-state index in [-0.39, 0.29) is 28.6 Å². The third-order valence-electron chi connectivity index (χ3n) is 3.32. The number of nitrogens with one attached hydrogen (secondary N) is 2. The van der Waals surface area contributed by atoms with Gasteiger partial charge in [-0.15, -0.1) is 0 Å². The lowest BCUT2D eigenvalue weighted by Gasteiger charge is -2.07. The monoisotopic (exact) mass is 452 g/mol. The lowest BCUT2D eigenvalue weighted by molar-refractivity contribution is -0.384. The van der Waals surface area contributed by atoms with Crippen molar-refractivity contribution in [1.29, 1.82) is 0 Å². The molecule has 0 spiro atoms. The summed E-state index contributed by atoms with van der Waals surface area (Å²) < 4.78 is 0.747. The van der Waals surface area contributed by atoms with Crippen LogP contribution in [0.2, 0.25) is 5.02 Å². The molecule has 140 valence electrons. The Morgan fingerprint density at radius 2 is 1.96 bits per heavy atom. The SMILES string of the molecule is C/C(CC(=O)Nc1ccccc1Br)=N\NC(=O)c1ccc([N+](=O)[O-])c(Cl)c1. The first kappa shape index (κ1) is 20.5. The van der Waals surface area contributed by atoms with Crippen LogP contribution in [0.15, 0.2) is 52.0 Å². The fraction of sp³-hybridized carbons (Fsp3) is 0.118. The molecule has 2 amide bonds. The Kier molecular flexibility index (Phi) is 7.03. The first-order valence-electron chi connectivity index (χ1n) is 7.59. The van der Waals surface area contributed by atoms with Gasteiger partial charge in [0.05, 0.1) is 17.0 Å². The van der Waals surface area contributed by atoms with Crippen LogP contribution in [0.5, 0.6) is 0 Å². The Bertz CT molecular complexity index is 933. The van der Waals surface area contributed by atoms with Gasteiger partial charge in [0.25, 0.3) is 11.6 Å². The van der Waals surface area contributed by atoms with Gasteiger partial charge in [-0.25, -0.2) is 5.43 Å². The summed E-state index contributed by atoms with van der Waals surface area (Å²) in [6.45, 7) is 1.59. The minimum atomic E-state index is -0.643. The summed E-state index contributed by atoms with van der Waals surface area (Å²) in [5.74, 6) is -0.895. The Balaban J connectivity index is 1.95. The quantitative estimate of drug-likeness (QED) is 0.388. The zero-order valence-corrected chi connectivity index (χ0v) is 16.4. The molecule has 2 aromatic rings. The third-order valence-corrected chi connectivity index (χ3v) is 4.31. The van der Waals surface area contributed by atoms with Gasteiger partial charge in [0.2, 0.25) is 5.91 Å². The molecule has 8 nitrogen and oxygen atoms in total. The predicted molar refractivity (Wildman–Crippen MR) is 106 cm³/mol. The van der Waals surface area contributed by atoms with E-state index in [4.69, 9.17) is 11.6 Å². The molecule has 0 fully saturated rings. The molecule has 0 aliphatic carbocycles. The van der Waals surface area contributed by atoms with Crippen LogP contribution >= 0.6 is 27.5 Å². The molecule has 0 aliphatic rings. The molecule has 0 radical (unpaired) electrons. The molecule has 0 heterocycles. The van der Waals surface area contributed by atoms with Gasteiger partial charge in [-0.3, -0.25) is 19.7 Å². The number of anilines is 1. The van der Waals surface area contributed by atoms with E-state index in [0.29, 0.717) is 11.4 Å². The fourth-order valence-electron chi connectivity index (χ4n) is 2.04. The molecule has 10 heteroatoms. The highest BCUT2D eigenvalue weighted by Crippen LogP contribution is 2.25. The fourth-order valence-corrected chi connectivity index (χ4v) is 2.67. The zero-order valence-electron chi connectivity index (χ0n) is 14.0. The molecule has 0 aliphatic heterocycles. The first-order valence-corrected chi connectivity index (χ1v) is 8.77. The average molecular weight is 454 g/mol. The van der Waals surface area contributed by atoms with E-state index in [1.807, 2.05) is 6.07 Å². The Morgan fingerprint density at radius 1 is 1.26 bits per heavy atom. The van der Waals surface area contributed by atoms with Gasteiger partial charge in [-0.2, -0.15) is 5.10 Å². The molecule has 0 saturated heterocycles. The second kappa shape index (κ2) is 9.24. The number of nitro benzene ring substituents is 1. The number of nitro groups is 1. The molecular weight excluding hydrogens is 440 g/mol. The maximum atomic E-state index is 12.1. The van der Waals surface area contributed by atoms with Crippen molar-refractivity contribution in [2.75, 3.05) is 5.32 Å². The van der Waals surface area contributed by atoms with Gasteiger partial charge in [0.15, 0.2) is 0 Å². The third kappa shape index (κ3) is 5.87. The largest absolute Gasteiger partial charge is 0.325 e. The molecule has 0 saturated carbocycles. The van der Waals surface area contributed by atoms with Crippen molar-refractivity contribution in [3.05, 3.63) is 67.6 Å². The van der Waals surface area contributed by atoms with Crippen molar-refractivity contribution in [1.82, 2.24) is 5.43 Å². The number of hydrogen-bond donors (Lipinski definition) is 2. The summed E-state index contributed by atoms with van der Waals surface area (Å²) in [6.07, 6.45) is -0.0252. The summed E-state index contributed by atoms with van der Waals surface area (Å²) in [7, 11) is 0. The number of carbonyl (C=O) groups is 2. The summed E-state index contributed by atoms with van der Waals surface area (Å²) in [5, 5.41) is 17.2. The molecule has 2 N–H and O–H groups in total. The maximum Gasteiger partial charge on any atom is 0.287 e. The van der Waals surface area contributed by atoms with E-state index < -0.39 is 10.8 Å². The number of hydrogen-bond acceptors (Lipinski definition) is 5. The van der Waals surface area contributed by atoms with E-state index in [1.165, 1.54) is 12.1 Å². The van der Waals surface area contributed by atoms with E-state index >= 15 is 0 Å². The highest BCUT2D eigenvalue weighted by atomic mass is 79.9. The van der Waals surface area contributed by atoms with Crippen LogP contribution in [-0.4, -0.2) is 22.4 Å². The molecular formula is C17H14BrClN4O4. The van der Waals surface area contributed by atoms with Crippen molar-refractivity contribution in [2.45, 2.75) is 13.3 Å². The van der Waals surface area contributed by atoms with Crippen molar-refractivity contribution < 1.29 is 14.5 Å². The van der Waals surface area contributed by atoms with E-state index in [0.717, 1.165) is 10.5 Å². The number of amides is 2. The predicted octanol–water partition coefficient (Wildman–Crippen LogP) is 4.15. The van der Waals surface area contributed by atoms with Crippen LogP contribution in [0.1, 0.15) is 23.7 Å². The zero-order chi connectivity index (χ0) is 20.0. The summed E-state index contributed by atoms with van der Waals surface area (Å²) >= 11 is 9.11. The van der Waals surface area contributed by atoms with Gasteiger partial charge >= 0.3 is 0 Å². The van der Waals surface area contributed by atoms with Gasteiger partial charge in [-0.1, -0.05) is 23.7 Å². The molecule has 0 aromatic heterocycles. The highest BCUT2D eigenvalue weighted by molar-refractivity contribution is 9.10. The van der Waals surface area contributed by atoms with E-state index in [9.17, 15) is 19.7 Å². The average Bonchev–Trinajstić information content (AvgIpc) is 2.61. The van der Waals surface area contributed by atoms with Crippen LogP contribution < -0.4 is 10.7 Å². The lowest BCUT2D eigenvalue weighted by Crippen LogP contribution is -2.21. The maximum absolute atomic E-state index is 12.1. The molecule has 2 rings (SSSR count). The number of nitrogens with zero attached hydrogens (tertiary/aromatic N) is 2. The second-order valence-corrected chi connectivity index (χ2v) is 6.68. The van der Waals surface area contributed by atoms with Crippen LogP contribution in [0.25, 0.3) is 0 Å². The van der Waals surface area contributed by atoms with Crippen molar-refractivity contribution in [3.8, 4) is 0 Å². The summed E-state index contributed by atoms with van der Waals surface area (Å²) in [6, 6.07) is 10.7. The van der Waals surface area contributed by atoms with Crippen LogP contribution in [0, 0.1) is 10.1 Å². The van der Waals surface area contributed by atoms with Crippen molar-refractivity contribution in [2.24, 2.45) is 5.10 Å². The highest BCUT2D eigenvalue weighted by Gasteiger charge is 2.15. The lowest BCUT2D eigenvalue weighted by atomic mass is 10.2. The smallest absolute Gasteiger partial charge is 0.287 e. The molecule has 0 bridgehead atoms. The minimum Gasteiger partial charge on any atom is -0.325 e. The minimum absolute atomic E-state index is 0.0252. The van der Waals surface area contributed by atoms with Crippen molar-refractivity contribution in [3.63, 3.8) is 0 Å². The van der Waals surface area contributed by atoms with Crippen molar-refractivity contribution >= 4 is 56.4 Å². The molecule has 0 unspecified atom stereocenters. The summed E-state index contributed by atoms with van der Waals surface area (Å²) in [4.78, 5) is 34.2. The number of halogens is 2. The Hall–Kier alpha value is -2.78. The number of hydrazone groups is 1. The molecule has 2 aromatic carbocycles. The number of para-hydroxylation sites is 1. The second-order valence-electron chi connectivity index (χ2n) is 5.42. The normalized spacial score (nSPS) is 11.0. The van der Waals surface area contributed by atoms with Crippen LogP contribution in [-0.2, 0) is 4.79 Å². The van der Waals surface area contributed by atoms with Gasteiger partial charge < -0.3 is 5.32 Å². The number of carbonyl (C=O) groups excluding carboxylic acids is 2. The first-order chi connectivity index (χ1) is 12.8. The topological polar surface area (TPSA) is 114 Å². The Labute approximate surface area is 167 Å². The van der Waals surface area contributed by atoms with E-state index in [2.05, 4.69) is 31.8 Å². The molecule has 27 heavy (non-hydrogen) atoms. The number of benzene rings is 2. The molecule has 0 atom stereocenters. The summed E-state index contributed by atoms with van der Waals surface area (Å²) in [5.41, 5.74) is 3.10. The Morgan fingerprint density at radius 3 is 2.59 bits per heavy atom. The van der Waals surface area contributed by atoms with E-state index in [1.54, 1.807) is 25.1 Å². The standard InChI is InChI=1S/C17H14BrClN4O4/c1-10(8-16(24)20-14-5-3-2-4-12(14)18)21-22-17(25)11-6-7-15(23(26)27)13(19)9-11/h2-7,9H,8H2,1H3,(H,20,24)(H,22,25)/b21-10+. The van der Waals surface area contributed by atoms with Crippen LogP contribution in [0.3, 0.4) is 0 Å². The van der Waals surface area contributed by atoms with Gasteiger partial charge in [0.1, 0.15) is 5.02 Å². The van der Waals surface area contributed by atoms with Gasteiger partial charge in [-0.05, 0) is 47.1 Å². The van der Waals surface area contributed by atoms with Crippen LogP contribution in [0.4, 0.5) is 11.4 Å². The van der Waals surface area contributed by atoms with Gasteiger partial charge in [0, 0.05) is 21.8 Å². The number of rotatable bonds is 6.